The quantitative estimate of drug-likeness (QED) is 0.573. The number of imidazole rings is 1. The third kappa shape index (κ3) is 2.51. The van der Waals surface area contributed by atoms with E-state index in [4.69, 9.17) is 21.2 Å². The van der Waals surface area contributed by atoms with Crippen LogP contribution in [0.4, 0.5) is 5.82 Å². The molecule has 0 unspecified atom stereocenters. The summed E-state index contributed by atoms with van der Waals surface area (Å²) in [5, 5.41) is 0. The standard InChI is InChI=1S/C21H20N6O/c1-28-18-9-8-17-21(26-18)27(20(25-17)15-3-2-10-24-19(15)23)13-5-6-14-12(11-13)4-7-16(14)22/h2-3,5-6,8-11,16H,4,7,22H2,1H3,(H2,23,24)/t16-/m0/s1. The highest BCUT2D eigenvalue weighted by atomic mass is 16.5. The van der Waals surface area contributed by atoms with E-state index in [1.807, 2.05) is 22.8 Å². The van der Waals surface area contributed by atoms with E-state index in [1.165, 1.54) is 11.1 Å². The first kappa shape index (κ1) is 16.7. The Morgan fingerprint density at radius 1 is 1.14 bits per heavy atom. The van der Waals surface area contributed by atoms with Gasteiger partial charge in [-0.05, 0) is 54.3 Å². The Morgan fingerprint density at radius 2 is 2.04 bits per heavy atom. The molecule has 0 saturated carbocycles. The molecule has 0 fully saturated rings. The lowest BCUT2D eigenvalue weighted by molar-refractivity contribution is 0.399. The van der Waals surface area contributed by atoms with Crippen molar-refractivity contribution in [2.24, 2.45) is 5.73 Å². The first-order chi connectivity index (χ1) is 13.7. The molecular formula is C21H20N6O. The van der Waals surface area contributed by atoms with Gasteiger partial charge in [0.2, 0.25) is 5.88 Å². The highest BCUT2D eigenvalue weighted by Crippen LogP contribution is 2.35. The third-order valence-corrected chi connectivity index (χ3v) is 5.28. The van der Waals surface area contributed by atoms with Crippen molar-refractivity contribution in [3.8, 4) is 23.0 Å². The average Bonchev–Trinajstić information content (AvgIpc) is 3.28. The van der Waals surface area contributed by atoms with E-state index >= 15 is 0 Å². The van der Waals surface area contributed by atoms with Crippen molar-refractivity contribution in [2.75, 3.05) is 12.8 Å². The maximum absolute atomic E-state index is 6.21. The van der Waals surface area contributed by atoms with Gasteiger partial charge in [-0.1, -0.05) is 6.07 Å². The summed E-state index contributed by atoms with van der Waals surface area (Å²) >= 11 is 0. The van der Waals surface area contributed by atoms with Crippen LogP contribution in [-0.2, 0) is 6.42 Å². The minimum atomic E-state index is 0.107. The minimum Gasteiger partial charge on any atom is -0.481 e. The van der Waals surface area contributed by atoms with Crippen LogP contribution >= 0.6 is 0 Å². The van der Waals surface area contributed by atoms with E-state index in [1.54, 1.807) is 19.4 Å². The van der Waals surface area contributed by atoms with Crippen LogP contribution in [0.1, 0.15) is 23.6 Å². The summed E-state index contributed by atoms with van der Waals surface area (Å²) in [6.07, 6.45) is 3.61. The lowest BCUT2D eigenvalue weighted by Gasteiger charge is -2.12. The maximum atomic E-state index is 6.21. The SMILES string of the molecule is COc1ccc2nc(-c3cccnc3N)n(-c3ccc4c(c3)CC[C@@H]4N)c2n1. The van der Waals surface area contributed by atoms with Gasteiger partial charge in [0, 0.05) is 24.0 Å². The Labute approximate surface area is 162 Å². The predicted octanol–water partition coefficient (Wildman–Crippen LogP) is 3.02. The van der Waals surface area contributed by atoms with Crippen LogP contribution in [0.25, 0.3) is 28.2 Å². The van der Waals surface area contributed by atoms with E-state index in [9.17, 15) is 0 Å². The van der Waals surface area contributed by atoms with Gasteiger partial charge >= 0.3 is 0 Å². The fourth-order valence-corrected chi connectivity index (χ4v) is 3.86. The fourth-order valence-electron chi connectivity index (χ4n) is 3.86. The van der Waals surface area contributed by atoms with Crippen LogP contribution in [0.5, 0.6) is 5.88 Å². The monoisotopic (exact) mass is 372 g/mol. The maximum Gasteiger partial charge on any atom is 0.215 e. The number of aromatic nitrogens is 4. The molecule has 1 atom stereocenters. The largest absolute Gasteiger partial charge is 0.481 e. The van der Waals surface area contributed by atoms with Gasteiger partial charge in [-0.3, -0.25) is 4.57 Å². The molecule has 3 aromatic heterocycles. The Bertz CT molecular complexity index is 1200. The van der Waals surface area contributed by atoms with E-state index in [0.717, 1.165) is 29.6 Å². The summed E-state index contributed by atoms with van der Waals surface area (Å²) in [5.41, 5.74) is 18.0. The van der Waals surface area contributed by atoms with E-state index in [-0.39, 0.29) is 6.04 Å². The zero-order valence-corrected chi connectivity index (χ0v) is 15.5. The molecule has 0 spiro atoms. The summed E-state index contributed by atoms with van der Waals surface area (Å²) in [5.74, 6) is 1.65. The molecule has 1 aliphatic carbocycles. The molecule has 28 heavy (non-hydrogen) atoms. The topological polar surface area (TPSA) is 105 Å². The Hall–Kier alpha value is -3.45. The second-order valence-electron chi connectivity index (χ2n) is 6.93. The summed E-state index contributed by atoms with van der Waals surface area (Å²) in [7, 11) is 1.60. The van der Waals surface area contributed by atoms with Crippen molar-refractivity contribution in [3.05, 3.63) is 59.8 Å². The number of fused-ring (bicyclic) bond motifs is 2. The Kier molecular flexibility index (Phi) is 3.77. The molecule has 5 rings (SSSR count). The number of hydrogen-bond donors (Lipinski definition) is 2. The van der Waals surface area contributed by atoms with Crippen LogP contribution in [-0.4, -0.2) is 26.6 Å². The van der Waals surface area contributed by atoms with Crippen molar-refractivity contribution in [3.63, 3.8) is 0 Å². The number of pyridine rings is 2. The summed E-state index contributed by atoms with van der Waals surface area (Å²) in [6, 6.07) is 13.9. The number of anilines is 1. The number of nitrogen functional groups attached to an aromatic ring is 1. The number of benzene rings is 1. The molecule has 1 aromatic carbocycles. The van der Waals surface area contributed by atoms with Crippen LogP contribution in [0.3, 0.4) is 0 Å². The van der Waals surface area contributed by atoms with Crippen molar-refractivity contribution >= 4 is 17.0 Å². The molecule has 4 N–H and O–H groups in total. The molecule has 4 aromatic rings. The average molecular weight is 372 g/mol. The lowest BCUT2D eigenvalue weighted by Crippen LogP contribution is -2.06. The summed E-state index contributed by atoms with van der Waals surface area (Å²) in [4.78, 5) is 13.7. The van der Waals surface area contributed by atoms with Crippen LogP contribution < -0.4 is 16.2 Å². The lowest BCUT2D eigenvalue weighted by atomic mass is 10.1. The highest BCUT2D eigenvalue weighted by Gasteiger charge is 2.22. The molecule has 1 aliphatic rings. The molecule has 7 nitrogen and oxygen atoms in total. The molecule has 3 heterocycles. The zero-order chi connectivity index (χ0) is 19.3. The second kappa shape index (κ2) is 6.31. The van der Waals surface area contributed by atoms with Gasteiger partial charge in [0.25, 0.3) is 0 Å². The number of ether oxygens (including phenoxy) is 1. The normalized spacial score (nSPS) is 15.7. The Morgan fingerprint density at radius 3 is 2.86 bits per heavy atom. The van der Waals surface area contributed by atoms with Crippen LogP contribution in [0.15, 0.2) is 48.7 Å². The molecule has 0 saturated heterocycles. The first-order valence-corrected chi connectivity index (χ1v) is 9.19. The minimum absolute atomic E-state index is 0.107. The van der Waals surface area contributed by atoms with Gasteiger partial charge in [0.1, 0.15) is 11.3 Å². The number of hydrogen-bond acceptors (Lipinski definition) is 6. The van der Waals surface area contributed by atoms with Crippen molar-refractivity contribution in [1.82, 2.24) is 19.5 Å². The van der Waals surface area contributed by atoms with Crippen LogP contribution in [0, 0.1) is 0 Å². The number of nitrogens with two attached hydrogens (primary N) is 2. The van der Waals surface area contributed by atoms with Gasteiger partial charge in [0.05, 0.1) is 12.7 Å². The molecule has 0 amide bonds. The molecule has 0 bridgehead atoms. The number of methoxy groups -OCH3 is 1. The summed E-state index contributed by atoms with van der Waals surface area (Å²) in [6.45, 7) is 0. The van der Waals surface area contributed by atoms with E-state index < -0.39 is 0 Å². The number of rotatable bonds is 3. The molecule has 140 valence electrons. The van der Waals surface area contributed by atoms with Crippen molar-refractivity contribution < 1.29 is 4.74 Å². The van der Waals surface area contributed by atoms with E-state index in [2.05, 4.69) is 28.2 Å². The fraction of sp³-hybridized carbons (Fsp3) is 0.190. The smallest absolute Gasteiger partial charge is 0.215 e. The Balaban J connectivity index is 1.81. The highest BCUT2D eigenvalue weighted by molar-refractivity contribution is 5.83. The van der Waals surface area contributed by atoms with Crippen molar-refractivity contribution in [2.45, 2.75) is 18.9 Å². The third-order valence-electron chi connectivity index (χ3n) is 5.28. The predicted molar refractivity (Wildman–Crippen MR) is 108 cm³/mol. The van der Waals surface area contributed by atoms with Gasteiger partial charge in [-0.2, -0.15) is 4.98 Å². The van der Waals surface area contributed by atoms with Gasteiger partial charge < -0.3 is 16.2 Å². The van der Waals surface area contributed by atoms with Gasteiger partial charge in [0.15, 0.2) is 11.5 Å². The van der Waals surface area contributed by atoms with Gasteiger partial charge in [-0.25, -0.2) is 9.97 Å². The second-order valence-corrected chi connectivity index (χ2v) is 6.93. The number of nitrogens with zero attached hydrogens (tertiary/aromatic N) is 4. The zero-order valence-electron chi connectivity index (χ0n) is 15.5. The molecule has 7 heteroatoms. The van der Waals surface area contributed by atoms with Crippen LogP contribution in [0.2, 0.25) is 0 Å². The molecular weight excluding hydrogens is 352 g/mol. The summed E-state index contributed by atoms with van der Waals surface area (Å²) < 4.78 is 7.34. The molecule has 0 aliphatic heterocycles. The van der Waals surface area contributed by atoms with E-state index in [0.29, 0.717) is 23.2 Å². The first-order valence-electron chi connectivity index (χ1n) is 9.19. The van der Waals surface area contributed by atoms with Crippen molar-refractivity contribution in [1.29, 1.82) is 0 Å². The molecule has 0 radical (unpaired) electrons. The number of aryl methyl sites for hydroxylation is 1. The van der Waals surface area contributed by atoms with Gasteiger partial charge in [-0.15, -0.1) is 0 Å².